The molecule has 3 rings (SSSR count). The summed E-state index contributed by atoms with van der Waals surface area (Å²) in [7, 11) is 1.58. The first-order valence-electron chi connectivity index (χ1n) is 7.45. The van der Waals surface area contributed by atoms with Crippen LogP contribution in [0.15, 0.2) is 42.5 Å². The molecule has 1 aromatic heterocycles. The van der Waals surface area contributed by atoms with Gasteiger partial charge < -0.3 is 20.1 Å². The number of aromatic carboxylic acids is 1. The van der Waals surface area contributed by atoms with Gasteiger partial charge in [-0.3, -0.25) is 0 Å². The number of carbonyl (C=O) groups is 1. The predicted octanol–water partition coefficient (Wildman–Crippen LogP) is 3.82. The number of carboxylic acids is 1. The number of fused-ring (bicyclic) bond motifs is 1. The molecule has 6 heteroatoms. The van der Waals surface area contributed by atoms with Gasteiger partial charge in [0, 0.05) is 35.1 Å². The summed E-state index contributed by atoms with van der Waals surface area (Å²) in [6.07, 6.45) is 0. The second-order valence-corrected chi connectivity index (χ2v) is 5.86. The quantitative estimate of drug-likeness (QED) is 0.635. The number of hydrogen-bond acceptors (Lipinski definition) is 3. The Hall–Kier alpha value is -2.50. The molecular weight excluding hydrogens is 328 g/mol. The second-order valence-electron chi connectivity index (χ2n) is 5.43. The Morgan fingerprint density at radius 3 is 2.62 bits per heavy atom. The van der Waals surface area contributed by atoms with Gasteiger partial charge in [0.1, 0.15) is 11.4 Å². The van der Waals surface area contributed by atoms with Crippen LogP contribution < -0.4 is 10.1 Å². The molecule has 0 saturated carbocycles. The lowest BCUT2D eigenvalue weighted by molar-refractivity contribution is 0.0690. The summed E-state index contributed by atoms with van der Waals surface area (Å²) in [6, 6.07) is 13.0. The number of aromatic amines is 1. The van der Waals surface area contributed by atoms with Gasteiger partial charge in [0.25, 0.3) is 0 Å². The van der Waals surface area contributed by atoms with E-state index in [1.54, 1.807) is 13.2 Å². The lowest BCUT2D eigenvalue weighted by Gasteiger charge is -2.06. The van der Waals surface area contributed by atoms with Crippen molar-refractivity contribution in [3.8, 4) is 5.75 Å². The summed E-state index contributed by atoms with van der Waals surface area (Å²) in [6.45, 7) is 1.07. The van der Waals surface area contributed by atoms with Crippen molar-refractivity contribution in [3.63, 3.8) is 0 Å². The van der Waals surface area contributed by atoms with E-state index < -0.39 is 5.97 Å². The molecule has 0 aliphatic carbocycles. The van der Waals surface area contributed by atoms with Gasteiger partial charge in [-0.05, 0) is 29.8 Å². The molecule has 0 fully saturated rings. The number of H-pyrrole nitrogens is 1. The predicted molar refractivity (Wildman–Crippen MR) is 93.8 cm³/mol. The van der Waals surface area contributed by atoms with Crippen molar-refractivity contribution in [3.05, 3.63) is 64.3 Å². The Labute approximate surface area is 144 Å². The zero-order valence-electron chi connectivity index (χ0n) is 13.1. The molecule has 0 aliphatic heterocycles. The van der Waals surface area contributed by atoms with Gasteiger partial charge in [0.05, 0.1) is 12.6 Å². The van der Waals surface area contributed by atoms with Gasteiger partial charge in [0.2, 0.25) is 0 Å². The third-order valence-corrected chi connectivity index (χ3v) is 4.12. The van der Waals surface area contributed by atoms with Crippen molar-refractivity contribution in [2.24, 2.45) is 0 Å². The zero-order valence-corrected chi connectivity index (χ0v) is 13.9. The van der Waals surface area contributed by atoms with E-state index in [-0.39, 0.29) is 5.69 Å². The SMILES string of the molecule is COc1ccc2c(CNCc3ccc(Cl)cc3)c(C(=O)O)[nH]c2c1. The largest absolute Gasteiger partial charge is 0.497 e. The first-order chi connectivity index (χ1) is 11.6. The standard InChI is InChI=1S/C18H17ClN2O3/c1-24-13-6-7-14-15(17(18(22)23)21-16(14)8-13)10-20-9-11-2-4-12(19)5-3-11/h2-8,20-21H,9-10H2,1H3,(H,22,23). The topological polar surface area (TPSA) is 74.3 Å². The van der Waals surface area contributed by atoms with Crippen LogP contribution in [0.1, 0.15) is 21.6 Å². The minimum Gasteiger partial charge on any atom is -0.497 e. The van der Waals surface area contributed by atoms with Gasteiger partial charge in [-0.25, -0.2) is 4.79 Å². The van der Waals surface area contributed by atoms with Crippen molar-refractivity contribution >= 4 is 28.5 Å². The number of halogens is 1. The lowest BCUT2D eigenvalue weighted by atomic mass is 10.1. The highest BCUT2D eigenvalue weighted by Gasteiger charge is 2.17. The van der Waals surface area contributed by atoms with E-state index in [1.165, 1.54) is 0 Å². The molecule has 0 spiro atoms. The average Bonchev–Trinajstić information content (AvgIpc) is 2.95. The molecule has 0 amide bonds. The Balaban J connectivity index is 1.83. The summed E-state index contributed by atoms with van der Waals surface area (Å²) >= 11 is 5.87. The third kappa shape index (κ3) is 3.37. The van der Waals surface area contributed by atoms with Crippen LogP contribution in [0.4, 0.5) is 0 Å². The molecular formula is C18H17ClN2O3. The van der Waals surface area contributed by atoms with Crippen molar-refractivity contribution < 1.29 is 14.6 Å². The molecule has 0 saturated heterocycles. The van der Waals surface area contributed by atoms with Gasteiger partial charge in [-0.15, -0.1) is 0 Å². The average molecular weight is 345 g/mol. The first-order valence-corrected chi connectivity index (χ1v) is 7.83. The van der Waals surface area contributed by atoms with Crippen LogP contribution >= 0.6 is 11.6 Å². The van der Waals surface area contributed by atoms with E-state index in [4.69, 9.17) is 16.3 Å². The molecule has 0 radical (unpaired) electrons. The smallest absolute Gasteiger partial charge is 0.352 e. The fourth-order valence-corrected chi connectivity index (χ4v) is 2.79. The molecule has 3 aromatic rings. The Bertz CT molecular complexity index is 872. The summed E-state index contributed by atoms with van der Waals surface area (Å²) in [5.74, 6) is -0.296. The maximum Gasteiger partial charge on any atom is 0.352 e. The number of nitrogens with one attached hydrogen (secondary N) is 2. The van der Waals surface area contributed by atoms with Crippen molar-refractivity contribution in [2.75, 3.05) is 7.11 Å². The monoisotopic (exact) mass is 344 g/mol. The van der Waals surface area contributed by atoms with E-state index in [2.05, 4.69) is 10.3 Å². The molecule has 0 atom stereocenters. The van der Waals surface area contributed by atoms with Gasteiger partial charge in [-0.2, -0.15) is 0 Å². The lowest BCUT2D eigenvalue weighted by Crippen LogP contribution is -2.15. The van der Waals surface area contributed by atoms with Crippen LogP contribution in [-0.4, -0.2) is 23.2 Å². The van der Waals surface area contributed by atoms with Crippen molar-refractivity contribution in [1.82, 2.24) is 10.3 Å². The molecule has 5 nitrogen and oxygen atoms in total. The summed E-state index contributed by atoms with van der Waals surface area (Å²) in [5, 5.41) is 14.3. The molecule has 24 heavy (non-hydrogen) atoms. The van der Waals surface area contributed by atoms with Crippen LogP contribution in [-0.2, 0) is 13.1 Å². The fraction of sp³-hybridized carbons (Fsp3) is 0.167. The van der Waals surface area contributed by atoms with Gasteiger partial charge >= 0.3 is 5.97 Å². The summed E-state index contributed by atoms with van der Waals surface area (Å²) < 4.78 is 5.19. The Morgan fingerprint density at radius 2 is 1.96 bits per heavy atom. The highest BCUT2D eigenvalue weighted by molar-refractivity contribution is 6.30. The first kappa shape index (κ1) is 16.4. The Kier molecular flexibility index (Phi) is 4.74. The molecule has 0 aliphatic rings. The number of aromatic nitrogens is 1. The van der Waals surface area contributed by atoms with E-state index in [0.717, 1.165) is 22.0 Å². The minimum absolute atomic E-state index is 0.196. The molecule has 2 aromatic carbocycles. The number of methoxy groups -OCH3 is 1. The highest BCUT2D eigenvalue weighted by Crippen LogP contribution is 2.26. The molecule has 124 valence electrons. The van der Waals surface area contributed by atoms with Gasteiger partial charge in [0.15, 0.2) is 0 Å². The number of ether oxygens (including phenoxy) is 1. The summed E-state index contributed by atoms with van der Waals surface area (Å²) in [5.41, 5.74) is 2.75. The fourth-order valence-electron chi connectivity index (χ4n) is 2.66. The number of hydrogen-bond donors (Lipinski definition) is 3. The van der Waals surface area contributed by atoms with E-state index in [0.29, 0.717) is 23.9 Å². The molecule has 0 unspecified atom stereocenters. The highest BCUT2D eigenvalue weighted by atomic mass is 35.5. The number of rotatable bonds is 6. The minimum atomic E-state index is -0.978. The van der Waals surface area contributed by atoms with Crippen LogP contribution in [0, 0.1) is 0 Å². The maximum atomic E-state index is 11.5. The van der Waals surface area contributed by atoms with E-state index in [9.17, 15) is 9.90 Å². The van der Waals surface area contributed by atoms with Crippen LogP contribution in [0.5, 0.6) is 5.75 Å². The normalized spacial score (nSPS) is 10.9. The molecule has 0 bridgehead atoms. The molecule has 1 heterocycles. The van der Waals surface area contributed by atoms with Crippen LogP contribution in [0.2, 0.25) is 5.02 Å². The second kappa shape index (κ2) is 6.95. The maximum absolute atomic E-state index is 11.5. The third-order valence-electron chi connectivity index (χ3n) is 3.87. The van der Waals surface area contributed by atoms with E-state index in [1.807, 2.05) is 36.4 Å². The van der Waals surface area contributed by atoms with E-state index >= 15 is 0 Å². The van der Waals surface area contributed by atoms with Crippen molar-refractivity contribution in [1.29, 1.82) is 0 Å². The van der Waals surface area contributed by atoms with Gasteiger partial charge in [-0.1, -0.05) is 23.7 Å². The Morgan fingerprint density at radius 1 is 1.21 bits per heavy atom. The van der Waals surface area contributed by atoms with Crippen LogP contribution in [0.25, 0.3) is 10.9 Å². The zero-order chi connectivity index (χ0) is 17.1. The van der Waals surface area contributed by atoms with Crippen LogP contribution in [0.3, 0.4) is 0 Å². The molecule has 3 N–H and O–H groups in total. The number of carboxylic acid groups (broad SMARTS) is 1. The summed E-state index contributed by atoms with van der Waals surface area (Å²) in [4.78, 5) is 14.5. The number of benzene rings is 2. The van der Waals surface area contributed by atoms with Crippen molar-refractivity contribution in [2.45, 2.75) is 13.1 Å².